The second kappa shape index (κ2) is 5.29. The normalized spacial score (nSPS) is 17.2. The summed E-state index contributed by atoms with van der Waals surface area (Å²) in [5.41, 5.74) is 1.42. The van der Waals surface area contributed by atoms with Crippen molar-refractivity contribution < 1.29 is 0 Å². The Labute approximate surface area is 92.3 Å². The first-order chi connectivity index (χ1) is 5.70. The highest BCUT2D eigenvalue weighted by Crippen LogP contribution is 2.30. The lowest BCUT2D eigenvalue weighted by Crippen LogP contribution is -1.84. The fourth-order valence-electron chi connectivity index (χ4n) is 0.608. The van der Waals surface area contributed by atoms with Crippen molar-refractivity contribution in [3.8, 4) is 0 Å². The first-order valence-corrected chi connectivity index (χ1v) is 7.60. The van der Waals surface area contributed by atoms with Crippen LogP contribution in [-0.2, 0) is 0 Å². The smallest absolute Gasteiger partial charge is 0.0482 e. The van der Waals surface area contributed by atoms with Gasteiger partial charge >= 0.3 is 0 Å². The molecule has 0 fully saturated rings. The minimum atomic E-state index is 0.191. The lowest BCUT2D eigenvalue weighted by molar-refractivity contribution is 1.67. The molecule has 0 saturated carbocycles. The molecule has 0 aromatic rings. The summed E-state index contributed by atoms with van der Waals surface area (Å²) in [6, 6.07) is 0. The van der Waals surface area contributed by atoms with Crippen LogP contribution in [0.25, 0.3) is 0 Å². The molecule has 1 heterocycles. The maximum atomic E-state index is 3.85. The van der Waals surface area contributed by atoms with E-state index in [0.29, 0.717) is 0 Å². The van der Waals surface area contributed by atoms with Gasteiger partial charge in [0.05, 0.1) is 0 Å². The van der Waals surface area contributed by atoms with Crippen molar-refractivity contribution in [2.75, 3.05) is 0 Å². The Balaban J connectivity index is 2.52. The number of rotatable bonds is 3. The molecule has 0 radical (unpaired) electrons. The summed E-state index contributed by atoms with van der Waals surface area (Å²) < 4.78 is 3.88. The molecule has 3 heteroatoms. The average Bonchev–Trinajstić information content (AvgIpc) is 2.51. The first kappa shape index (κ1) is 10.6. The summed E-state index contributed by atoms with van der Waals surface area (Å²) in [5, 5.41) is 4.41. The number of thioether (sulfide) groups is 2. The SMILES string of the molecule is C=C(C)S/C=C(\C)C1=IC=CS1. The molecular weight excluding hydrogens is 299 g/mol. The standard InChI is InChI=1S/C9H11IS2/c1-7(2)12-6-8(3)9-10-4-5-11-9/h4-6H,1H2,2-3H3/b8-6+. The van der Waals surface area contributed by atoms with Crippen LogP contribution in [0.1, 0.15) is 13.8 Å². The molecule has 0 aliphatic carbocycles. The highest BCUT2D eigenvalue weighted by molar-refractivity contribution is 14.2. The summed E-state index contributed by atoms with van der Waals surface area (Å²) in [5.74, 6) is 0. The van der Waals surface area contributed by atoms with Gasteiger partial charge in [-0.3, -0.25) is 0 Å². The number of hydrogen-bond donors (Lipinski definition) is 0. The van der Waals surface area contributed by atoms with Crippen LogP contribution in [0, 0.1) is 0 Å². The Morgan fingerprint density at radius 2 is 2.42 bits per heavy atom. The molecule has 0 atom stereocenters. The topological polar surface area (TPSA) is 0 Å². The number of halogens is 1. The molecular formula is C9H11IS2. The third-order valence-corrected chi connectivity index (χ3v) is 6.79. The van der Waals surface area contributed by atoms with Gasteiger partial charge in [-0.25, -0.2) is 0 Å². The summed E-state index contributed by atoms with van der Waals surface area (Å²) in [7, 11) is 0. The van der Waals surface area contributed by atoms with E-state index in [1.54, 1.807) is 14.6 Å². The largest absolute Gasteiger partial charge is 0.103 e. The van der Waals surface area contributed by atoms with Gasteiger partial charge in [0.25, 0.3) is 0 Å². The van der Waals surface area contributed by atoms with Crippen molar-refractivity contribution in [2.45, 2.75) is 13.8 Å². The van der Waals surface area contributed by atoms with E-state index in [4.69, 9.17) is 0 Å². The van der Waals surface area contributed by atoms with E-state index in [9.17, 15) is 0 Å². The third-order valence-electron chi connectivity index (χ3n) is 1.13. The van der Waals surface area contributed by atoms with Gasteiger partial charge in [0.15, 0.2) is 0 Å². The van der Waals surface area contributed by atoms with Crippen molar-refractivity contribution in [3.05, 3.63) is 32.0 Å². The molecule has 0 nitrogen and oxygen atoms in total. The lowest BCUT2D eigenvalue weighted by Gasteiger charge is -1.99. The molecule has 0 spiro atoms. The highest BCUT2D eigenvalue weighted by Gasteiger charge is 2.02. The minimum Gasteiger partial charge on any atom is -0.103 e. The Morgan fingerprint density at radius 3 is 2.92 bits per heavy atom. The van der Waals surface area contributed by atoms with E-state index in [1.807, 2.05) is 18.7 Å². The molecule has 0 aromatic heterocycles. The molecule has 0 bridgehead atoms. The first-order valence-electron chi connectivity index (χ1n) is 3.51. The monoisotopic (exact) mass is 310 g/mol. The predicted molar refractivity (Wildman–Crippen MR) is 71.9 cm³/mol. The van der Waals surface area contributed by atoms with Crippen LogP contribution >= 0.6 is 44.3 Å². The second-order valence-corrected chi connectivity index (χ2v) is 7.62. The molecule has 1 rings (SSSR count). The Hall–Kier alpha value is 0.520. The molecule has 0 amide bonds. The molecule has 0 N–H and O–H groups in total. The van der Waals surface area contributed by atoms with Gasteiger partial charge in [-0.2, -0.15) is 0 Å². The van der Waals surface area contributed by atoms with E-state index in [0.717, 1.165) is 4.91 Å². The summed E-state index contributed by atoms with van der Waals surface area (Å²) in [6.07, 6.45) is 0. The zero-order valence-corrected chi connectivity index (χ0v) is 10.9. The van der Waals surface area contributed by atoms with E-state index in [2.05, 4.69) is 28.4 Å². The summed E-state index contributed by atoms with van der Waals surface area (Å²) in [6.45, 7) is 8.07. The van der Waals surface area contributed by atoms with Crippen LogP contribution in [0.4, 0.5) is 0 Å². The number of hydrogen-bond acceptors (Lipinski definition) is 2. The molecule has 1 aliphatic rings. The molecule has 66 valence electrons. The van der Waals surface area contributed by atoms with Crippen LogP contribution in [-0.4, -0.2) is 2.84 Å². The van der Waals surface area contributed by atoms with E-state index >= 15 is 0 Å². The van der Waals surface area contributed by atoms with Gasteiger partial charge in [0.1, 0.15) is 0 Å². The summed E-state index contributed by atoms with van der Waals surface area (Å²) >= 11 is 3.79. The van der Waals surface area contributed by atoms with Crippen LogP contribution in [0.15, 0.2) is 32.0 Å². The van der Waals surface area contributed by atoms with Gasteiger partial charge in [-0.05, 0) is 39.2 Å². The minimum absolute atomic E-state index is 0.191. The second-order valence-electron chi connectivity index (χ2n) is 2.38. The van der Waals surface area contributed by atoms with E-state index < -0.39 is 0 Å². The lowest BCUT2D eigenvalue weighted by atomic mass is 10.4. The van der Waals surface area contributed by atoms with Crippen molar-refractivity contribution in [1.29, 1.82) is 0 Å². The van der Waals surface area contributed by atoms with Gasteiger partial charge in [0.2, 0.25) is 0 Å². The van der Waals surface area contributed by atoms with Crippen molar-refractivity contribution in [3.63, 3.8) is 0 Å². The zero-order chi connectivity index (χ0) is 8.97. The quantitative estimate of drug-likeness (QED) is 0.705. The average molecular weight is 310 g/mol. The van der Waals surface area contributed by atoms with Crippen molar-refractivity contribution in [1.82, 2.24) is 0 Å². The maximum absolute atomic E-state index is 3.85. The molecule has 1 aliphatic heterocycles. The summed E-state index contributed by atoms with van der Waals surface area (Å²) in [4.78, 5) is 1.16. The Bertz CT molecular complexity index is 274. The fourth-order valence-corrected chi connectivity index (χ4v) is 4.99. The van der Waals surface area contributed by atoms with Crippen LogP contribution in [0.2, 0.25) is 0 Å². The zero-order valence-electron chi connectivity index (χ0n) is 7.13. The van der Waals surface area contributed by atoms with Crippen LogP contribution < -0.4 is 0 Å². The third kappa shape index (κ3) is 3.49. The number of allylic oxidation sites excluding steroid dienone is 1. The predicted octanol–water partition coefficient (Wildman–Crippen LogP) is 4.48. The molecule has 0 aromatic carbocycles. The fraction of sp³-hybridized carbons (Fsp3) is 0.222. The van der Waals surface area contributed by atoms with Crippen molar-refractivity contribution in [2.24, 2.45) is 0 Å². The molecule has 0 saturated heterocycles. The van der Waals surface area contributed by atoms with E-state index in [-0.39, 0.29) is 20.7 Å². The van der Waals surface area contributed by atoms with Gasteiger partial charge in [-0.15, -0.1) is 11.8 Å². The van der Waals surface area contributed by atoms with Gasteiger partial charge in [0, 0.05) is 2.84 Å². The highest BCUT2D eigenvalue weighted by atomic mass is 127. The molecule has 0 unspecified atom stereocenters. The Kier molecular flexibility index (Phi) is 4.68. The van der Waals surface area contributed by atoms with Gasteiger partial charge < -0.3 is 0 Å². The van der Waals surface area contributed by atoms with Crippen LogP contribution in [0.3, 0.4) is 0 Å². The van der Waals surface area contributed by atoms with Gasteiger partial charge in [-0.1, -0.05) is 39.1 Å². The maximum Gasteiger partial charge on any atom is 0.0482 e. The molecule has 12 heavy (non-hydrogen) atoms. The van der Waals surface area contributed by atoms with E-state index in [1.165, 1.54) is 5.57 Å². The Morgan fingerprint density at radius 1 is 1.67 bits per heavy atom. The van der Waals surface area contributed by atoms with Crippen molar-refractivity contribution >= 4 is 47.1 Å². The van der Waals surface area contributed by atoms with Crippen LogP contribution in [0.5, 0.6) is 0 Å².